The van der Waals surface area contributed by atoms with Crippen molar-refractivity contribution in [1.82, 2.24) is 9.97 Å². The van der Waals surface area contributed by atoms with Crippen LogP contribution >= 0.6 is 11.3 Å². The number of thiophene rings is 1. The summed E-state index contributed by atoms with van der Waals surface area (Å²) in [5.41, 5.74) is 5.72. The summed E-state index contributed by atoms with van der Waals surface area (Å²) < 4.78 is 2.80. The zero-order valence-electron chi connectivity index (χ0n) is 24.5. The van der Waals surface area contributed by atoms with Gasteiger partial charge in [-0.2, -0.15) is 11.3 Å². The van der Waals surface area contributed by atoms with E-state index in [2.05, 4.69) is 79.2 Å². The van der Waals surface area contributed by atoms with Crippen molar-refractivity contribution in [2.75, 3.05) is 0 Å². The molecule has 0 atom stereocenters. The Morgan fingerprint density at radius 3 is 2.24 bits per heavy atom. The molecule has 1 saturated carbocycles. The minimum atomic E-state index is -1.40. The number of hydrogen-bond donors (Lipinski definition) is 0. The first kappa shape index (κ1) is 30.5. The van der Waals surface area contributed by atoms with Crippen LogP contribution in [0.2, 0.25) is 19.6 Å². The van der Waals surface area contributed by atoms with Gasteiger partial charge in [-0.1, -0.05) is 86.3 Å². The summed E-state index contributed by atoms with van der Waals surface area (Å²) in [6.07, 6.45) is 10.5. The monoisotopic (exact) mass is 761 g/mol. The average molecular weight is 761 g/mol. The molecule has 0 amide bonds. The van der Waals surface area contributed by atoms with Crippen molar-refractivity contribution in [3.8, 4) is 22.5 Å². The van der Waals surface area contributed by atoms with Crippen LogP contribution < -0.4 is 5.19 Å². The Kier molecular flexibility index (Phi) is 9.85. The minimum Gasteiger partial charge on any atom is -0.305 e. The summed E-state index contributed by atoms with van der Waals surface area (Å²) in [7, 11) is -1.40. The molecule has 0 unspecified atom stereocenters. The van der Waals surface area contributed by atoms with Crippen LogP contribution in [-0.4, -0.2) is 18.0 Å². The Balaban J connectivity index is 0.000000228. The second kappa shape index (κ2) is 13.6. The van der Waals surface area contributed by atoms with Gasteiger partial charge in [0.1, 0.15) is 0 Å². The number of nitrogens with zero attached hydrogens (tertiary/aromatic N) is 2. The van der Waals surface area contributed by atoms with Crippen LogP contribution in [0.25, 0.3) is 42.7 Å². The molecular weight excluding hydrogens is 725 g/mol. The van der Waals surface area contributed by atoms with E-state index in [0.29, 0.717) is 5.92 Å². The Morgan fingerprint density at radius 2 is 1.50 bits per heavy atom. The number of benzene rings is 3. The molecule has 2 nitrogen and oxygen atoms in total. The summed E-state index contributed by atoms with van der Waals surface area (Å²) in [5.74, 6) is 0.700. The van der Waals surface area contributed by atoms with E-state index in [1.165, 1.54) is 63.4 Å². The fourth-order valence-corrected chi connectivity index (χ4v) is 9.60. The Morgan fingerprint density at radius 1 is 0.714 bits per heavy atom. The van der Waals surface area contributed by atoms with Crippen LogP contribution in [0.3, 0.4) is 0 Å². The molecule has 0 aliphatic heterocycles. The second-order valence-electron chi connectivity index (χ2n) is 11.9. The van der Waals surface area contributed by atoms with Crippen LogP contribution in [0.1, 0.15) is 43.6 Å². The molecule has 0 spiro atoms. The van der Waals surface area contributed by atoms with E-state index in [1.54, 1.807) is 11.4 Å². The first-order valence-electron chi connectivity index (χ1n) is 14.7. The van der Waals surface area contributed by atoms with Crippen molar-refractivity contribution in [3.63, 3.8) is 0 Å². The molecule has 3 heterocycles. The van der Waals surface area contributed by atoms with Crippen molar-refractivity contribution in [3.05, 3.63) is 115 Å². The molecule has 1 aliphatic carbocycles. The van der Waals surface area contributed by atoms with E-state index in [1.807, 2.05) is 60.0 Å². The van der Waals surface area contributed by atoms with Crippen molar-refractivity contribution < 1.29 is 20.1 Å². The molecule has 1 radical (unpaired) electrons. The molecule has 6 aromatic rings. The van der Waals surface area contributed by atoms with Crippen molar-refractivity contribution in [2.24, 2.45) is 0 Å². The van der Waals surface area contributed by atoms with Crippen molar-refractivity contribution in [2.45, 2.75) is 57.7 Å². The van der Waals surface area contributed by atoms with E-state index in [0.717, 1.165) is 17.0 Å². The van der Waals surface area contributed by atoms with Gasteiger partial charge in [-0.25, -0.2) is 0 Å². The standard InChI is InChI=1S/C26H28NSSi.C11H8N.Ir/c1-29(2,3)24-14-8-12-21-20-11-7-13-22(25(20)28-26(21)24)23-17-19(15-16-27-23)18-9-5-4-6-10-18;1-2-6-10(7-3-1)11-8-4-5-9-12-11;/h7-8,11-12,14-18H,4-6,9-10H2,1-3H3;1-6,8-9H;/q2*-1;. The van der Waals surface area contributed by atoms with Crippen molar-refractivity contribution >= 4 is 44.8 Å². The maximum atomic E-state index is 4.78. The molecule has 42 heavy (non-hydrogen) atoms. The van der Waals surface area contributed by atoms with Gasteiger partial charge in [0.25, 0.3) is 0 Å². The van der Waals surface area contributed by atoms with E-state index in [-0.39, 0.29) is 20.1 Å². The predicted octanol–water partition coefficient (Wildman–Crippen LogP) is 10.1. The van der Waals surface area contributed by atoms with E-state index in [9.17, 15) is 0 Å². The molecular formula is C37H36IrN2SSi-2. The van der Waals surface area contributed by atoms with Gasteiger partial charge in [-0.15, -0.1) is 59.7 Å². The summed E-state index contributed by atoms with van der Waals surface area (Å²) in [4.78, 5) is 9.00. The second-order valence-corrected chi connectivity index (χ2v) is 18.0. The number of aromatic nitrogens is 2. The first-order valence-corrected chi connectivity index (χ1v) is 19.0. The summed E-state index contributed by atoms with van der Waals surface area (Å²) in [6, 6.07) is 36.1. The molecule has 0 N–H and O–H groups in total. The third-order valence-electron chi connectivity index (χ3n) is 8.03. The third-order valence-corrected chi connectivity index (χ3v) is 11.5. The quantitative estimate of drug-likeness (QED) is 0.132. The van der Waals surface area contributed by atoms with Gasteiger partial charge in [0, 0.05) is 37.2 Å². The number of rotatable bonds is 4. The maximum Gasteiger partial charge on any atom is 0.0794 e. The van der Waals surface area contributed by atoms with Gasteiger partial charge in [0.2, 0.25) is 0 Å². The van der Waals surface area contributed by atoms with Gasteiger partial charge in [0.15, 0.2) is 0 Å². The van der Waals surface area contributed by atoms with Crippen LogP contribution in [0.15, 0.2) is 97.3 Å². The molecule has 7 rings (SSSR count). The number of hydrogen-bond acceptors (Lipinski definition) is 3. The molecule has 215 valence electrons. The average Bonchev–Trinajstić information content (AvgIpc) is 3.41. The molecule has 5 heteroatoms. The molecule has 3 aromatic heterocycles. The van der Waals surface area contributed by atoms with Crippen LogP contribution in [0.5, 0.6) is 0 Å². The normalized spacial score (nSPS) is 13.8. The van der Waals surface area contributed by atoms with Gasteiger partial charge in [0.05, 0.1) is 8.07 Å². The fraction of sp³-hybridized carbons (Fsp3) is 0.243. The summed E-state index contributed by atoms with van der Waals surface area (Å²) in [6.45, 7) is 7.32. The minimum absolute atomic E-state index is 0. The Bertz CT molecular complexity index is 1720. The van der Waals surface area contributed by atoms with Crippen LogP contribution in [-0.2, 0) is 20.1 Å². The third kappa shape index (κ3) is 6.66. The zero-order chi connectivity index (χ0) is 28.2. The number of fused-ring (bicyclic) bond motifs is 3. The fourth-order valence-electron chi connectivity index (χ4n) is 5.89. The summed E-state index contributed by atoms with van der Waals surface area (Å²) in [5, 5.41) is 4.30. The smallest absolute Gasteiger partial charge is 0.0794 e. The van der Waals surface area contributed by atoms with Gasteiger partial charge in [-0.3, -0.25) is 0 Å². The first-order chi connectivity index (χ1) is 20.0. The topological polar surface area (TPSA) is 25.8 Å². The Hall–Kier alpha value is -2.95. The van der Waals surface area contributed by atoms with Crippen LogP contribution in [0.4, 0.5) is 0 Å². The van der Waals surface area contributed by atoms with Crippen molar-refractivity contribution in [1.29, 1.82) is 0 Å². The molecule has 1 fully saturated rings. The van der Waals surface area contributed by atoms with E-state index < -0.39 is 8.07 Å². The molecule has 3 aromatic carbocycles. The predicted molar refractivity (Wildman–Crippen MR) is 179 cm³/mol. The van der Waals surface area contributed by atoms with E-state index in [4.69, 9.17) is 4.98 Å². The Labute approximate surface area is 268 Å². The van der Waals surface area contributed by atoms with Gasteiger partial charge in [-0.05, 0) is 57.6 Å². The van der Waals surface area contributed by atoms with E-state index >= 15 is 0 Å². The number of pyridine rings is 2. The molecule has 0 saturated heterocycles. The maximum absolute atomic E-state index is 4.78. The SMILES string of the molecule is C[Si](C)(C)c1cccc2c1sc1c(-c3cc(C4CCCCC4)ccn3)[c-]ccc12.[Ir].[c-]1ccccc1-c1ccccn1. The summed E-state index contributed by atoms with van der Waals surface area (Å²) >= 11 is 1.94. The zero-order valence-corrected chi connectivity index (χ0v) is 28.7. The molecule has 0 bridgehead atoms. The van der Waals surface area contributed by atoms with Gasteiger partial charge >= 0.3 is 0 Å². The largest absolute Gasteiger partial charge is 0.305 e. The van der Waals surface area contributed by atoms with Crippen LogP contribution in [0, 0.1) is 12.1 Å². The molecule has 1 aliphatic rings. The van der Waals surface area contributed by atoms with Gasteiger partial charge < -0.3 is 9.97 Å².